The molecular weight excluding hydrogens is 262 g/mol. The van der Waals surface area contributed by atoms with Crippen molar-refractivity contribution >= 4 is 22.5 Å². The van der Waals surface area contributed by atoms with Crippen molar-refractivity contribution in [3.05, 3.63) is 30.5 Å². The van der Waals surface area contributed by atoms with Gasteiger partial charge < -0.3 is 4.90 Å². The first-order valence-corrected chi connectivity index (χ1v) is 7.68. The van der Waals surface area contributed by atoms with Crippen molar-refractivity contribution in [1.82, 2.24) is 9.47 Å². The highest BCUT2D eigenvalue weighted by molar-refractivity contribution is 5.98. The molecule has 0 N–H and O–H groups in total. The molecule has 1 aliphatic heterocycles. The molecule has 21 heavy (non-hydrogen) atoms. The number of rotatable bonds is 2. The molecule has 4 nitrogen and oxygen atoms in total. The summed E-state index contributed by atoms with van der Waals surface area (Å²) in [4.78, 5) is 16.6. The van der Waals surface area contributed by atoms with E-state index in [1.807, 2.05) is 18.3 Å². The van der Waals surface area contributed by atoms with Gasteiger partial charge in [0.15, 0.2) is 0 Å². The van der Waals surface area contributed by atoms with E-state index in [0.29, 0.717) is 6.04 Å². The van der Waals surface area contributed by atoms with E-state index in [1.165, 1.54) is 11.1 Å². The lowest BCUT2D eigenvalue weighted by molar-refractivity contribution is 0.0941. The highest BCUT2D eigenvalue weighted by atomic mass is 16.1. The summed E-state index contributed by atoms with van der Waals surface area (Å²) in [6.07, 6.45) is 1.88. The Balaban J connectivity index is 1.90. The van der Waals surface area contributed by atoms with Gasteiger partial charge in [0.05, 0.1) is 5.52 Å². The van der Waals surface area contributed by atoms with E-state index in [0.717, 1.165) is 31.7 Å². The molecule has 2 heterocycles. The minimum Gasteiger partial charge on any atom is -0.368 e. The van der Waals surface area contributed by atoms with Crippen molar-refractivity contribution in [2.75, 3.05) is 31.1 Å². The number of piperazine rings is 1. The van der Waals surface area contributed by atoms with Crippen LogP contribution in [0, 0.1) is 0 Å². The van der Waals surface area contributed by atoms with Gasteiger partial charge in [-0.3, -0.25) is 14.3 Å². The lowest BCUT2D eigenvalue weighted by Crippen LogP contribution is -2.48. The number of anilines is 1. The fourth-order valence-electron chi connectivity index (χ4n) is 3.18. The summed E-state index contributed by atoms with van der Waals surface area (Å²) >= 11 is 0. The third-order valence-corrected chi connectivity index (χ3v) is 4.43. The Kier molecular flexibility index (Phi) is 3.72. The molecule has 0 aliphatic carbocycles. The third-order valence-electron chi connectivity index (χ3n) is 4.43. The number of hydrogen-bond acceptors (Lipinski definition) is 3. The molecule has 2 aromatic rings. The van der Waals surface area contributed by atoms with E-state index >= 15 is 0 Å². The molecule has 3 rings (SSSR count). The predicted octanol–water partition coefficient (Wildman–Crippen LogP) is 2.83. The van der Waals surface area contributed by atoms with Gasteiger partial charge in [-0.25, -0.2) is 0 Å². The molecule has 4 heteroatoms. The van der Waals surface area contributed by atoms with Crippen LogP contribution >= 0.6 is 0 Å². The van der Waals surface area contributed by atoms with E-state index < -0.39 is 0 Å². The molecule has 0 bridgehead atoms. The first-order valence-electron chi connectivity index (χ1n) is 7.68. The highest BCUT2D eigenvalue weighted by Gasteiger charge is 2.20. The summed E-state index contributed by atoms with van der Waals surface area (Å²) in [5, 5.41) is 1.17. The summed E-state index contributed by atoms with van der Waals surface area (Å²) in [5.41, 5.74) is 2.25. The van der Waals surface area contributed by atoms with Gasteiger partial charge in [0.25, 0.3) is 0 Å². The van der Waals surface area contributed by atoms with Crippen LogP contribution < -0.4 is 4.90 Å². The van der Waals surface area contributed by atoms with Crippen molar-refractivity contribution in [1.29, 1.82) is 0 Å². The number of nitrogens with zero attached hydrogens (tertiary/aromatic N) is 3. The molecule has 0 unspecified atom stereocenters. The second-order valence-corrected chi connectivity index (χ2v) is 6.03. The molecule has 0 saturated carbocycles. The first-order chi connectivity index (χ1) is 10.1. The number of hydrogen-bond donors (Lipinski definition) is 0. The van der Waals surface area contributed by atoms with E-state index in [9.17, 15) is 4.79 Å². The average molecular weight is 285 g/mol. The zero-order valence-electron chi connectivity index (χ0n) is 13.0. The number of carbonyl (C=O) groups excluding carboxylic acids is 1. The Morgan fingerprint density at radius 3 is 2.43 bits per heavy atom. The molecule has 1 saturated heterocycles. The molecule has 1 aromatic heterocycles. The van der Waals surface area contributed by atoms with Crippen LogP contribution in [0.4, 0.5) is 5.69 Å². The van der Waals surface area contributed by atoms with Crippen LogP contribution in [0.3, 0.4) is 0 Å². The van der Waals surface area contributed by atoms with Gasteiger partial charge >= 0.3 is 0 Å². The molecule has 1 fully saturated rings. The average Bonchev–Trinajstić information content (AvgIpc) is 2.91. The molecular formula is C17H23N3O. The lowest BCUT2D eigenvalue weighted by atomic mass is 10.1. The summed E-state index contributed by atoms with van der Waals surface area (Å²) in [6.45, 7) is 10.4. The topological polar surface area (TPSA) is 28.5 Å². The minimum absolute atomic E-state index is 0.0618. The Hall–Kier alpha value is -1.81. The van der Waals surface area contributed by atoms with Crippen molar-refractivity contribution in [3.8, 4) is 0 Å². The smallest absolute Gasteiger partial charge is 0.227 e. The summed E-state index contributed by atoms with van der Waals surface area (Å²) in [7, 11) is 0. The molecule has 0 amide bonds. The second kappa shape index (κ2) is 5.53. The van der Waals surface area contributed by atoms with Crippen LogP contribution in [0.1, 0.15) is 25.6 Å². The van der Waals surface area contributed by atoms with Crippen LogP contribution in [0.5, 0.6) is 0 Å². The number of benzene rings is 1. The molecule has 1 aromatic carbocycles. The van der Waals surface area contributed by atoms with Gasteiger partial charge in [-0.15, -0.1) is 0 Å². The van der Waals surface area contributed by atoms with Gasteiger partial charge in [0, 0.05) is 56.4 Å². The zero-order chi connectivity index (χ0) is 15.0. The van der Waals surface area contributed by atoms with Crippen LogP contribution in [0.15, 0.2) is 30.5 Å². The van der Waals surface area contributed by atoms with Gasteiger partial charge in [-0.1, -0.05) is 6.07 Å². The SMILES string of the molecule is CC(=O)n1ccc2c(N3CCN(C(C)C)CC3)cccc21. The lowest BCUT2D eigenvalue weighted by Gasteiger charge is -2.38. The quantitative estimate of drug-likeness (QED) is 0.849. The maximum absolute atomic E-state index is 11.7. The summed E-state index contributed by atoms with van der Waals surface area (Å²) in [5.74, 6) is 0.0618. The van der Waals surface area contributed by atoms with E-state index in [4.69, 9.17) is 0 Å². The van der Waals surface area contributed by atoms with Gasteiger partial charge in [0.1, 0.15) is 0 Å². The monoisotopic (exact) mass is 285 g/mol. The van der Waals surface area contributed by atoms with E-state index in [1.54, 1.807) is 11.5 Å². The van der Waals surface area contributed by atoms with Gasteiger partial charge in [-0.05, 0) is 32.0 Å². The van der Waals surface area contributed by atoms with Gasteiger partial charge in [-0.2, -0.15) is 0 Å². The molecule has 0 radical (unpaired) electrons. The number of fused-ring (bicyclic) bond motifs is 1. The molecule has 0 atom stereocenters. The van der Waals surface area contributed by atoms with Crippen LogP contribution in [-0.4, -0.2) is 47.6 Å². The van der Waals surface area contributed by atoms with E-state index in [2.05, 4.69) is 35.8 Å². The largest absolute Gasteiger partial charge is 0.368 e. The summed E-state index contributed by atoms with van der Waals surface area (Å²) < 4.78 is 1.73. The fraction of sp³-hybridized carbons (Fsp3) is 0.471. The van der Waals surface area contributed by atoms with Crippen molar-refractivity contribution in [2.24, 2.45) is 0 Å². The Morgan fingerprint density at radius 2 is 1.81 bits per heavy atom. The van der Waals surface area contributed by atoms with Crippen molar-refractivity contribution in [2.45, 2.75) is 26.8 Å². The maximum Gasteiger partial charge on any atom is 0.227 e. The standard InChI is InChI=1S/C17H23N3O/c1-13(2)18-9-11-19(12-10-18)16-5-4-6-17-15(16)7-8-20(17)14(3)21/h4-8,13H,9-12H2,1-3H3. The minimum atomic E-state index is 0.0618. The second-order valence-electron chi connectivity index (χ2n) is 6.03. The van der Waals surface area contributed by atoms with Crippen LogP contribution in [0.2, 0.25) is 0 Å². The maximum atomic E-state index is 11.7. The Bertz CT molecular complexity index is 651. The third kappa shape index (κ3) is 2.56. The van der Waals surface area contributed by atoms with Crippen LogP contribution in [0.25, 0.3) is 10.9 Å². The summed E-state index contributed by atoms with van der Waals surface area (Å²) in [6, 6.07) is 8.90. The Labute approximate surface area is 125 Å². The molecule has 0 spiro atoms. The van der Waals surface area contributed by atoms with Crippen LogP contribution in [-0.2, 0) is 0 Å². The first kappa shape index (κ1) is 14.1. The highest BCUT2D eigenvalue weighted by Crippen LogP contribution is 2.28. The fourth-order valence-corrected chi connectivity index (χ4v) is 3.18. The number of aromatic nitrogens is 1. The molecule has 1 aliphatic rings. The Morgan fingerprint density at radius 1 is 1.10 bits per heavy atom. The predicted molar refractivity (Wildman–Crippen MR) is 87.2 cm³/mol. The van der Waals surface area contributed by atoms with Crippen molar-refractivity contribution < 1.29 is 4.79 Å². The van der Waals surface area contributed by atoms with Crippen molar-refractivity contribution in [3.63, 3.8) is 0 Å². The number of carbonyl (C=O) groups is 1. The zero-order valence-corrected chi connectivity index (χ0v) is 13.0. The van der Waals surface area contributed by atoms with Gasteiger partial charge in [0.2, 0.25) is 5.91 Å². The van der Waals surface area contributed by atoms with E-state index in [-0.39, 0.29) is 5.91 Å². The molecule has 112 valence electrons. The normalized spacial score (nSPS) is 16.9.